The van der Waals surface area contributed by atoms with Crippen LogP contribution in [0.4, 0.5) is 4.79 Å². The Morgan fingerprint density at radius 2 is 2.04 bits per heavy atom. The fraction of sp³-hybridized carbons (Fsp3) is 0.467. The monoisotopic (exact) mass is 334 g/mol. The van der Waals surface area contributed by atoms with Gasteiger partial charge in [-0.15, -0.1) is 5.10 Å². The number of hydrogen-bond acceptors (Lipinski definition) is 4. The number of nitrogens with one attached hydrogen (secondary N) is 2. The maximum absolute atomic E-state index is 11.8. The van der Waals surface area contributed by atoms with Crippen molar-refractivity contribution in [3.8, 4) is 0 Å². The largest absolute Gasteiger partial charge is 0.338 e. The van der Waals surface area contributed by atoms with Gasteiger partial charge in [0.1, 0.15) is 0 Å². The zero-order chi connectivity index (χ0) is 16.1. The molecule has 23 heavy (non-hydrogen) atoms. The van der Waals surface area contributed by atoms with Crippen LogP contribution < -0.4 is 10.6 Å². The highest BCUT2D eigenvalue weighted by Crippen LogP contribution is 2.34. The highest BCUT2D eigenvalue weighted by Gasteiger charge is 2.27. The van der Waals surface area contributed by atoms with Crippen molar-refractivity contribution in [1.29, 1.82) is 0 Å². The van der Waals surface area contributed by atoms with Gasteiger partial charge in [0.05, 0.1) is 12.6 Å². The molecule has 1 aliphatic carbocycles. The van der Waals surface area contributed by atoms with Crippen LogP contribution in [0.1, 0.15) is 36.7 Å². The molecule has 2 N–H and O–H groups in total. The lowest BCUT2D eigenvalue weighted by molar-refractivity contribution is 0.240. The van der Waals surface area contributed by atoms with E-state index >= 15 is 0 Å². The molecule has 1 aromatic heterocycles. The second-order valence-corrected chi connectivity index (χ2v) is 6.05. The zero-order valence-electron chi connectivity index (χ0n) is 12.7. The van der Waals surface area contributed by atoms with E-state index in [1.807, 2.05) is 24.3 Å². The first-order valence-electron chi connectivity index (χ1n) is 7.75. The number of aromatic nitrogens is 4. The Bertz CT molecular complexity index is 652. The number of tetrazole rings is 1. The van der Waals surface area contributed by atoms with Gasteiger partial charge in [-0.25, -0.2) is 9.48 Å². The minimum atomic E-state index is -0.202. The van der Waals surface area contributed by atoms with Crippen LogP contribution in [0.3, 0.4) is 0 Å². The fourth-order valence-electron chi connectivity index (χ4n) is 2.30. The molecule has 8 heteroatoms. The summed E-state index contributed by atoms with van der Waals surface area (Å²) in [7, 11) is 0. The number of benzene rings is 1. The van der Waals surface area contributed by atoms with Crippen LogP contribution in [0.2, 0.25) is 5.02 Å². The molecular weight excluding hydrogens is 316 g/mol. The highest BCUT2D eigenvalue weighted by molar-refractivity contribution is 6.30. The number of nitrogens with zero attached hydrogens (tertiary/aromatic N) is 4. The molecule has 1 aromatic carbocycles. The maximum Gasteiger partial charge on any atom is 0.315 e. The topological polar surface area (TPSA) is 84.7 Å². The molecule has 0 aliphatic heterocycles. The zero-order valence-corrected chi connectivity index (χ0v) is 13.5. The van der Waals surface area contributed by atoms with Crippen molar-refractivity contribution in [2.45, 2.75) is 38.3 Å². The number of hydrogen-bond donors (Lipinski definition) is 2. The number of carbonyl (C=O) groups is 1. The van der Waals surface area contributed by atoms with Gasteiger partial charge in [-0.2, -0.15) is 0 Å². The van der Waals surface area contributed by atoms with E-state index in [4.69, 9.17) is 11.6 Å². The van der Waals surface area contributed by atoms with Crippen molar-refractivity contribution in [2.75, 3.05) is 6.54 Å². The number of aryl methyl sites for hydroxylation is 1. The third kappa shape index (κ3) is 4.66. The summed E-state index contributed by atoms with van der Waals surface area (Å²) in [5.74, 6) is 0.698. The smallest absolute Gasteiger partial charge is 0.315 e. The Labute approximate surface area is 139 Å². The third-order valence-electron chi connectivity index (χ3n) is 3.70. The maximum atomic E-state index is 11.8. The molecule has 2 aromatic rings. The molecule has 0 saturated heterocycles. The van der Waals surface area contributed by atoms with E-state index in [1.54, 1.807) is 4.68 Å². The SMILES string of the molecule is O=C(NCCCc1ccc(Cl)cc1)NCc1nnnn1C1CC1. The quantitative estimate of drug-likeness (QED) is 0.759. The molecule has 2 amide bonds. The Morgan fingerprint density at radius 1 is 1.26 bits per heavy atom. The summed E-state index contributed by atoms with van der Waals surface area (Å²) >= 11 is 5.85. The molecule has 1 fully saturated rings. The number of amides is 2. The first kappa shape index (κ1) is 15.7. The third-order valence-corrected chi connectivity index (χ3v) is 3.95. The summed E-state index contributed by atoms with van der Waals surface area (Å²) in [6.07, 6.45) is 3.98. The van der Waals surface area contributed by atoms with E-state index in [9.17, 15) is 4.79 Å². The molecule has 0 atom stereocenters. The Hall–Kier alpha value is -2.15. The van der Waals surface area contributed by atoms with Crippen molar-refractivity contribution in [3.05, 3.63) is 40.7 Å². The molecule has 7 nitrogen and oxygen atoms in total. The van der Waals surface area contributed by atoms with E-state index in [0.29, 0.717) is 25.0 Å². The van der Waals surface area contributed by atoms with Gasteiger partial charge in [0.2, 0.25) is 0 Å². The van der Waals surface area contributed by atoms with Gasteiger partial charge in [0, 0.05) is 11.6 Å². The Kier molecular flexibility index (Phi) is 5.07. The van der Waals surface area contributed by atoms with Crippen LogP contribution in [-0.4, -0.2) is 32.8 Å². The predicted octanol–water partition coefficient (Wildman–Crippen LogP) is 2.09. The van der Waals surface area contributed by atoms with Crippen LogP contribution in [0.25, 0.3) is 0 Å². The van der Waals surface area contributed by atoms with Gasteiger partial charge < -0.3 is 10.6 Å². The van der Waals surface area contributed by atoms with Crippen LogP contribution in [0.15, 0.2) is 24.3 Å². The van der Waals surface area contributed by atoms with Gasteiger partial charge >= 0.3 is 6.03 Å². The summed E-state index contributed by atoms with van der Waals surface area (Å²) in [6, 6.07) is 7.96. The van der Waals surface area contributed by atoms with Gasteiger partial charge in [0.15, 0.2) is 5.82 Å². The normalized spacial score (nSPS) is 13.8. The van der Waals surface area contributed by atoms with Crippen molar-refractivity contribution < 1.29 is 4.79 Å². The van der Waals surface area contributed by atoms with Crippen LogP contribution in [0, 0.1) is 0 Å². The first-order chi connectivity index (χ1) is 11.2. The van der Waals surface area contributed by atoms with Gasteiger partial charge in [-0.05, 0) is 53.8 Å². The van der Waals surface area contributed by atoms with E-state index < -0.39 is 0 Å². The van der Waals surface area contributed by atoms with Crippen LogP contribution in [0.5, 0.6) is 0 Å². The lowest BCUT2D eigenvalue weighted by Crippen LogP contribution is -2.36. The molecule has 0 unspecified atom stereocenters. The van der Waals surface area contributed by atoms with E-state index in [-0.39, 0.29) is 6.03 Å². The van der Waals surface area contributed by atoms with Crippen molar-refractivity contribution >= 4 is 17.6 Å². The second kappa shape index (κ2) is 7.41. The van der Waals surface area contributed by atoms with Crippen LogP contribution >= 0.6 is 11.6 Å². The molecule has 122 valence electrons. The highest BCUT2D eigenvalue weighted by atomic mass is 35.5. The summed E-state index contributed by atoms with van der Waals surface area (Å²) in [5.41, 5.74) is 1.21. The van der Waals surface area contributed by atoms with Crippen molar-refractivity contribution in [2.24, 2.45) is 0 Å². The molecule has 3 rings (SSSR count). The fourth-order valence-corrected chi connectivity index (χ4v) is 2.42. The van der Waals surface area contributed by atoms with Gasteiger partial charge in [-0.1, -0.05) is 23.7 Å². The summed E-state index contributed by atoms with van der Waals surface area (Å²) in [5, 5.41) is 17.9. The number of carbonyl (C=O) groups excluding carboxylic acids is 1. The second-order valence-electron chi connectivity index (χ2n) is 5.61. The Balaban J connectivity index is 1.33. The molecule has 1 heterocycles. The number of urea groups is 1. The average molecular weight is 335 g/mol. The average Bonchev–Trinajstić information content (AvgIpc) is 3.29. The van der Waals surface area contributed by atoms with E-state index in [0.717, 1.165) is 30.7 Å². The van der Waals surface area contributed by atoms with Crippen molar-refractivity contribution in [1.82, 2.24) is 30.8 Å². The summed E-state index contributed by atoms with van der Waals surface area (Å²) < 4.78 is 1.79. The van der Waals surface area contributed by atoms with Crippen molar-refractivity contribution in [3.63, 3.8) is 0 Å². The molecule has 0 bridgehead atoms. The number of rotatable bonds is 7. The summed E-state index contributed by atoms with van der Waals surface area (Å²) in [6.45, 7) is 0.953. The molecule has 0 radical (unpaired) electrons. The van der Waals surface area contributed by atoms with E-state index in [1.165, 1.54) is 5.56 Å². The molecular formula is C15H19ClN6O. The van der Waals surface area contributed by atoms with Gasteiger partial charge in [-0.3, -0.25) is 0 Å². The Morgan fingerprint density at radius 3 is 2.78 bits per heavy atom. The first-order valence-corrected chi connectivity index (χ1v) is 8.13. The van der Waals surface area contributed by atoms with Crippen LogP contribution in [-0.2, 0) is 13.0 Å². The minimum absolute atomic E-state index is 0.202. The minimum Gasteiger partial charge on any atom is -0.338 e. The summed E-state index contributed by atoms with van der Waals surface area (Å²) in [4.78, 5) is 11.8. The molecule has 0 spiro atoms. The lowest BCUT2D eigenvalue weighted by atomic mass is 10.1. The number of halogens is 1. The standard InChI is InChI=1S/C15H19ClN6O/c16-12-5-3-11(4-6-12)2-1-9-17-15(23)18-10-14-19-20-21-22(14)13-7-8-13/h3-6,13H,1-2,7-10H2,(H2,17,18,23). The molecule has 1 aliphatic rings. The molecule has 1 saturated carbocycles. The predicted molar refractivity (Wildman–Crippen MR) is 86.1 cm³/mol. The van der Waals surface area contributed by atoms with E-state index in [2.05, 4.69) is 26.2 Å². The van der Waals surface area contributed by atoms with Gasteiger partial charge in [0.25, 0.3) is 0 Å². The lowest BCUT2D eigenvalue weighted by Gasteiger charge is -2.07.